The van der Waals surface area contributed by atoms with Gasteiger partial charge in [-0.25, -0.2) is 4.79 Å². The first-order valence-corrected chi connectivity index (χ1v) is 7.01. The van der Waals surface area contributed by atoms with E-state index in [1.54, 1.807) is 12.1 Å². The molecule has 1 aromatic rings. The summed E-state index contributed by atoms with van der Waals surface area (Å²) in [5, 5.41) is 12.5. The van der Waals surface area contributed by atoms with Gasteiger partial charge < -0.3 is 15.2 Å². The van der Waals surface area contributed by atoms with Crippen molar-refractivity contribution in [3.05, 3.63) is 35.4 Å². The molecule has 1 aliphatic rings. The molecule has 0 amide bonds. The third-order valence-corrected chi connectivity index (χ3v) is 3.52. The van der Waals surface area contributed by atoms with E-state index in [0.717, 1.165) is 38.4 Å². The van der Waals surface area contributed by atoms with Gasteiger partial charge in [0.1, 0.15) is 0 Å². The summed E-state index contributed by atoms with van der Waals surface area (Å²) in [7, 11) is 0. The van der Waals surface area contributed by atoms with Crippen molar-refractivity contribution < 1.29 is 14.6 Å². The van der Waals surface area contributed by atoms with Crippen molar-refractivity contribution in [3.8, 4) is 0 Å². The fraction of sp³-hybridized carbons (Fsp3) is 0.533. The maximum atomic E-state index is 11.1. The topological polar surface area (TPSA) is 61.8 Å². The Morgan fingerprint density at radius 2 is 2.10 bits per heavy atom. The normalized spacial score (nSPS) is 17.9. The van der Waals surface area contributed by atoms with Gasteiger partial charge in [0.25, 0.3) is 0 Å². The van der Waals surface area contributed by atoms with Crippen LogP contribution >= 0.6 is 0 Å². The molecule has 1 aromatic carbocycles. The summed E-state index contributed by atoms with van der Waals surface area (Å²) in [4.78, 5) is 13.5. The number of carboxylic acid groups (broad SMARTS) is 1. The number of aromatic carboxylic acids is 1. The molecule has 0 radical (unpaired) electrons. The number of benzene rings is 1. The van der Waals surface area contributed by atoms with Crippen molar-refractivity contribution in [1.29, 1.82) is 0 Å². The second-order valence-electron chi connectivity index (χ2n) is 5.16. The number of nitrogens with one attached hydrogen (secondary N) is 1. The molecule has 5 nitrogen and oxygen atoms in total. The van der Waals surface area contributed by atoms with Gasteiger partial charge in [-0.1, -0.05) is 18.2 Å². The largest absolute Gasteiger partial charge is 0.478 e. The molecule has 20 heavy (non-hydrogen) atoms. The number of rotatable bonds is 6. The van der Waals surface area contributed by atoms with Gasteiger partial charge in [0.15, 0.2) is 0 Å². The summed E-state index contributed by atoms with van der Waals surface area (Å²) in [5.41, 5.74) is 1.20. The van der Waals surface area contributed by atoms with E-state index in [1.807, 2.05) is 12.1 Å². The number of hydrogen-bond donors (Lipinski definition) is 2. The van der Waals surface area contributed by atoms with Crippen LogP contribution in [0.1, 0.15) is 22.8 Å². The molecule has 5 heteroatoms. The maximum Gasteiger partial charge on any atom is 0.336 e. The van der Waals surface area contributed by atoms with E-state index in [4.69, 9.17) is 9.84 Å². The summed E-state index contributed by atoms with van der Waals surface area (Å²) in [6.45, 7) is 7.20. The summed E-state index contributed by atoms with van der Waals surface area (Å²) in [6.07, 6.45) is 0. The summed E-state index contributed by atoms with van der Waals surface area (Å²) in [5.74, 6) is -0.872. The molecule has 1 saturated heterocycles. The van der Waals surface area contributed by atoms with Gasteiger partial charge in [0.2, 0.25) is 0 Å². The predicted molar refractivity (Wildman–Crippen MR) is 77.0 cm³/mol. The van der Waals surface area contributed by atoms with Crippen LogP contribution in [-0.4, -0.2) is 54.9 Å². The molecule has 1 heterocycles. The second-order valence-corrected chi connectivity index (χ2v) is 5.16. The molecule has 1 unspecified atom stereocenters. The highest BCUT2D eigenvalue weighted by Gasteiger charge is 2.14. The molecule has 2 N–H and O–H groups in total. The number of nitrogens with zero attached hydrogens (tertiary/aromatic N) is 1. The first-order chi connectivity index (χ1) is 9.66. The van der Waals surface area contributed by atoms with Crippen LogP contribution in [0.2, 0.25) is 0 Å². The zero-order valence-corrected chi connectivity index (χ0v) is 11.8. The SMILES string of the molecule is CC(CN1CCOCC1)NCc1ccccc1C(=O)O. The second kappa shape index (κ2) is 7.38. The van der Waals surface area contributed by atoms with Crippen LogP contribution in [0.3, 0.4) is 0 Å². The monoisotopic (exact) mass is 278 g/mol. The van der Waals surface area contributed by atoms with Gasteiger partial charge in [-0.05, 0) is 18.6 Å². The van der Waals surface area contributed by atoms with E-state index in [2.05, 4.69) is 17.1 Å². The van der Waals surface area contributed by atoms with Crippen molar-refractivity contribution in [3.63, 3.8) is 0 Å². The van der Waals surface area contributed by atoms with Crippen LogP contribution in [0.5, 0.6) is 0 Å². The minimum absolute atomic E-state index is 0.315. The molecule has 0 aliphatic carbocycles. The fourth-order valence-electron chi connectivity index (χ4n) is 2.40. The molecule has 0 saturated carbocycles. The van der Waals surface area contributed by atoms with Gasteiger partial charge >= 0.3 is 5.97 Å². The summed E-state index contributed by atoms with van der Waals surface area (Å²) >= 11 is 0. The van der Waals surface area contributed by atoms with Crippen LogP contribution in [0.4, 0.5) is 0 Å². The van der Waals surface area contributed by atoms with E-state index in [0.29, 0.717) is 18.2 Å². The Kier molecular flexibility index (Phi) is 5.52. The number of carbonyl (C=O) groups is 1. The van der Waals surface area contributed by atoms with Crippen LogP contribution < -0.4 is 5.32 Å². The Morgan fingerprint density at radius 1 is 1.40 bits per heavy atom. The van der Waals surface area contributed by atoms with Crippen LogP contribution in [0.25, 0.3) is 0 Å². The number of morpholine rings is 1. The van der Waals surface area contributed by atoms with Gasteiger partial charge in [-0.15, -0.1) is 0 Å². The van der Waals surface area contributed by atoms with Crippen molar-refractivity contribution in [2.75, 3.05) is 32.8 Å². The average Bonchev–Trinajstić information content (AvgIpc) is 2.46. The first-order valence-electron chi connectivity index (χ1n) is 7.01. The number of ether oxygens (including phenoxy) is 1. The van der Waals surface area contributed by atoms with Gasteiger partial charge in [-0.3, -0.25) is 4.90 Å². The Balaban J connectivity index is 1.83. The zero-order valence-electron chi connectivity index (χ0n) is 11.8. The van der Waals surface area contributed by atoms with Gasteiger partial charge in [-0.2, -0.15) is 0 Å². The zero-order chi connectivity index (χ0) is 14.4. The Hall–Kier alpha value is -1.43. The summed E-state index contributed by atoms with van der Waals surface area (Å²) < 4.78 is 5.33. The lowest BCUT2D eigenvalue weighted by Crippen LogP contribution is -2.44. The lowest BCUT2D eigenvalue weighted by molar-refractivity contribution is 0.0343. The molecular weight excluding hydrogens is 256 g/mol. The Morgan fingerprint density at radius 3 is 2.80 bits per heavy atom. The first kappa shape index (κ1) is 15.0. The van der Waals surface area contributed by atoms with Gasteiger partial charge in [0.05, 0.1) is 18.8 Å². The molecule has 0 bridgehead atoms. The third kappa shape index (κ3) is 4.30. The Bertz CT molecular complexity index is 444. The maximum absolute atomic E-state index is 11.1. The fourth-order valence-corrected chi connectivity index (χ4v) is 2.40. The smallest absolute Gasteiger partial charge is 0.336 e. The Labute approximate surface area is 119 Å². The predicted octanol–water partition coefficient (Wildman–Crippen LogP) is 1.20. The van der Waals surface area contributed by atoms with E-state index >= 15 is 0 Å². The van der Waals surface area contributed by atoms with Crippen molar-refractivity contribution >= 4 is 5.97 Å². The highest BCUT2D eigenvalue weighted by Crippen LogP contribution is 2.09. The van der Waals surface area contributed by atoms with Crippen molar-refractivity contribution in [1.82, 2.24) is 10.2 Å². The third-order valence-electron chi connectivity index (χ3n) is 3.52. The van der Waals surface area contributed by atoms with Crippen molar-refractivity contribution in [2.24, 2.45) is 0 Å². The molecule has 0 spiro atoms. The van der Waals surface area contributed by atoms with Crippen molar-refractivity contribution in [2.45, 2.75) is 19.5 Å². The van der Waals surface area contributed by atoms with E-state index in [1.165, 1.54) is 0 Å². The summed E-state index contributed by atoms with van der Waals surface area (Å²) in [6, 6.07) is 7.44. The van der Waals surface area contributed by atoms with Crippen LogP contribution in [0.15, 0.2) is 24.3 Å². The van der Waals surface area contributed by atoms with E-state index in [-0.39, 0.29) is 0 Å². The van der Waals surface area contributed by atoms with E-state index < -0.39 is 5.97 Å². The number of carboxylic acids is 1. The molecule has 2 rings (SSSR count). The molecule has 0 aromatic heterocycles. The quantitative estimate of drug-likeness (QED) is 0.818. The van der Waals surface area contributed by atoms with E-state index in [9.17, 15) is 4.79 Å². The molecule has 1 atom stereocenters. The molecule has 1 aliphatic heterocycles. The van der Waals surface area contributed by atoms with Crippen LogP contribution in [-0.2, 0) is 11.3 Å². The minimum atomic E-state index is -0.872. The van der Waals surface area contributed by atoms with Crippen LogP contribution in [0, 0.1) is 0 Å². The molecule has 110 valence electrons. The highest BCUT2D eigenvalue weighted by molar-refractivity contribution is 5.89. The lowest BCUT2D eigenvalue weighted by atomic mass is 10.1. The minimum Gasteiger partial charge on any atom is -0.478 e. The lowest BCUT2D eigenvalue weighted by Gasteiger charge is -2.29. The highest BCUT2D eigenvalue weighted by atomic mass is 16.5. The number of hydrogen-bond acceptors (Lipinski definition) is 4. The average molecular weight is 278 g/mol. The standard InChI is InChI=1S/C15H22N2O3/c1-12(11-17-6-8-20-9-7-17)16-10-13-4-2-3-5-14(13)15(18)19/h2-5,12,16H,6-11H2,1H3,(H,18,19). The molecular formula is C15H22N2O3. The molecule has 1 fully saturated rings. The van der Waals surface area contributed by atoms with Gasteiger partial charge in [0, 0.05) is 32.2 Å².